The Bertz CT molecular complexity index is 265. The summed E-state index contributed by atoms with van der Waals surface area (Å²) in [6.45, 7) is 1.40. The van der Waals surface area contributed by atoms with E-state index in [0.717, 1.165) is 18.1 Å². The Morgan fingerprint density at radius 1 is 1.38 bits per heavy atom. The maximum atomic E-state index is 5.36. The fraction of sp³-hybridized carbons (Fsp3) is 0.556. The van der Waals surface area contributed by atoms with Crippen molar-refractivity contribution in [1.82, 2.24) is 9.97 Å². The normalized spacial score (nSPS) is 15.8. The van der Waals surface area contributed by atoms with Gasteiger partial charge in [-0.25, -0.2) is 9.97 Å². The van der Waals surface area contributed by atoms with E-state index in [1.165, 1.54) is 12.8 Å². The van der Waals surface area contributed by atoms with E-state index in [0.29, 0.717) is 12.5 Å². The van der Waals surface area contributed by atoms with E-state index in [9.17, 15) is 0 Å². The zero-order valence-electron chi connectivity index (χ0n) is 7.53. The lowest BCUT2D eigenvalue weighted by molar-refractivity contribution is 0.921. The number of hydrogen-bond acceptors (Lipinski definition) is 4. The van der Waals surface area contributed by atoms with Crippen LogP contribution in [0.15, 0.2) is 12.4 Å². The predicted octanol–water partition coefficient (Wildman–Crippen LogP) is 0.725. The Morgan fingerprint density at radius 2 is 2.08 bits per heavy atom. The summed E-state index contributed by atoms with van der Waals surface area (Å²) in [5.74, 6) is 1.61. The van der Waals surface area contributed by atoms with E-state index in [1.54, 1.807) is 0 Å². The van der Waals surface area contributed by atoms with Crippen molar-refractivity contribution in [1.29, 1.82) is 0 Å². The summed E-state index contributed by atoms with van der Waals surface area (Å²) in [4.78, 5) is 8.56. The van der Waals surface area contributed by atoms with Crippen LogP contribution in [0.3, 0.4) is 0 Å². The quantitative estimate of drug-likeness (QED) is 0.713. The number of hydrogen-bond donors (Lipinski definition) is 2. The van der Waals surface area contributed by atoms with Gasteiger partial charge in [-0.05, 0) is 12.8 Å². The van der Waals surface area contributed by atoms with Crippen molar-refractivity contribution in [2.45, 2.75) is 18.8 Å². The van der Waals surface area contributed by atoms with Gasteiger partial charge in [0, 0.05) is 19.0 Å². The van der Waals surface area contributed by atoms with Crippen LogP contribution >= 0.6 is 0 Å². The SMILES string of the molecule is NCCNc1cnc(C2CC2)nc1. The van der Waals surface area contributed by atoms with Gasteiger partial charge in [0.1, 0.15) is 5.82 Å². The minimum absolute atomic E-state index is 0.628. The number of rotatable bonds is 4. The summed E-state index contributed by atoms with van der Waals surface area (Å²) in [5.41, 5.74) is 6.31. The second kappa shape index (κ2) is 3.70. The maximum absolute atomic E-state index is 5.36. The lowest BCUT2D eigenvalue weighted by Gasteiger charge is -2.03. The smallest absolute Gasteiger partial charge is 0.131 e. The Hall–Kier alpha value is -1.16. The van der Waals surface area contributed by atoms with Crippen LogP contribution in [0.5, 0.6) is 0 Å². The Kier molecular flexibility index (Phi) is 2.40. The molecule has 0 unspecified atom stereocenters. The average molecular weight is 178 g/mol. The first-order chi connectivity index (χ1) is 6.40. The molecule has 0 atom stereocenters. The fourth-order valence-electron chi connectivity index (χ4n) is 1.20. The van der Waals surface area contributed by atoms with Gasteiger partial charge in [0.2, 0.25) is 0 Å². The molecule has 2 rings (SSSR count). The highest BCUT2D eigenvalue weighted by atomic mass is 15.0. The van der Waals surface area contributed by atoms with Crippen molar-refractivity contribution in [3.63, 3.8) is 0 Å². The molecule has 1 aromatic rings. The van der Waals surface area contributed by atoms with Gasteiger partial charge >= 0.3 is 0 Å². The summed E-state index contributed by atoms with van der Waals surface area (Å²) < 4.78 is 0. The van der Waals surface area contributed by atoms with E-state index in [1.807, 2.05) is 12.4 Å². The maximum Gasteiger partial charge on any atom is 0.131 e. The molecule has 0 bridgehead atoms. The third-order valence-electron chi connectivity index (χ3n) is 2.09. The molecule has 13 heavy (non-hydrogen) atoms. The zero-order valence-corrected chi connectivity index (χ0v) is 7.53. The molecule has 3 N–H and O–H groups in total. The Labute approximate surface area is 77.6 Å². The van der Waals surface area contributed by atoms with Gasteiger partial charge in [-0.3, -0.25) is 0 Å². The van der Waals surface area contributed by atoms with Gasteiger partial charge in [0.05, 0.1) is 18.1 Å². The van der Waals surface area contributed by atoms with Gasteiger partial charge in [0.15, 0.2) is 0 Å². The van der Waals surface area contributed by atoms with Crippen molar-refractivity contribution >= 4 is 5.69 Å². The van der Waals surface area contributed by atoms with Crippen molar-refractivity contribution in [3.05, 3.63) is 18.2 Å². The molecule has 0 radical (unpaired) electrons. The molecule has 1 fully saturated rings. The largest absolute Gasteiger partial charge is 0.381 e. The molecule has 4 nitrogen and oxygen atoms in total. The monoisotopic (exact) mass is 178 g/mol. The van der Waals surface area contributed by atoms with E-state index < -0.39 is 0 Å². The van der Waals surface area contributed by atoms with E-state index >= 15 is 0 Å². The molecule has 1 heterocycles. The molecule has 1 aromatic heterocycles. The summed E-state index contributed by atoms with van der Waals surface area (Å²) >= 11 is 0. The first kappa shape index (κ1) is 8.44. The van der Waals surface area contributed by atoms with Gasteiger partial charge in [-0.15, -0.1) is 0 Å². The molecule has 1 aliphatic carbocycles. The minimum Gasteiger partial charge on any atom is -0.381 e. The number of nitrogens with two attached hydrogens (primary N) is 1. The number of nitrogens with one attached hydrogen (secondary N) is 1. The van der Waals surface area contributed by atoms with Gasteiger partial charge in [0.25, 0.3) is 0 Å². The molecule has 70 valence electrons. The molecule has 0 amide bonds. The van der Waals surface area contributed by atoms with Gasteiger partial charge in [-0.1, -0.05) is 0 Å². The standard InChI is InChI=1S/C9H14N4/c10-3-4-11-8-5-12-9(13-6-8)7-1-2-7/h5-7,11H,1-4,10H2. The first-order valence-corrected chi connectivity index (χ1v) is 4.66. The van der Waals surface area contributed by atoms with E-state index in [4.69, 9.17) is 5.73 Å². The van der Waals surface area contributed by atoms with E-state index in [-0.39, 0.29) is 0 Å². The van der Waals surface area contributed by atoms with Gasteiger partial charge in [-0.2, -0.15) is 0 Å². The van der Waals surface area contributed by atoms with E-state index in [2.05, 4.69) is 15.3 Å². The summed E-state index contributed by atoms with van der Waals surface area (Å²) in [5, 5.41) is 3.13. The highest BCUT2D eigenvalue weighted by Crippen LogP contribution is 2.37. The average Bonchev–Trinajstić information content (AvgIpc) is 2.99. The third kappa shape index (κ3) is 2.15. The number of aromatic nitrogens is 2. The molecule has 0 aliphatic heterocycles. The zero-order chi connectivity index (χ0) is 9.10. The lowest BCUT2D eigenvalue weighted by atomic mass is 10.4. The predicted molar refractivity (Wildman–Crippen MR) is 51.6 cm³/mol. The molecular weight excluding hydrogens is 164 g/mol. The van der Waals surface area contributed by atoms with Crippen molar-refractivity contribution in [3.8, 4) is 0 Å². The van der Waals surface area contributed by atoms with Crippen LogP contribution in [-0.4, -0.2) is 23.1 Å². The van der Waals surface area contributed by atoms with Crippen LogP contribution in [0.4, 0.5) is 5.69 Å². The second-order valence-electron chi connectivity index (χ2n) is 3.32. The van der Waals surface area contributed by atoms with Crippen LogP contribution in [0, 0.1) is 0 Å². The summed E-state index contributed by atoms with van der Waals surface area (Å²) in [7, 11) is 0. The minimum atomic E-state index is 0.628. The number of anilines is 1. The third-order valence-corrected chi connectivity index (χ3v) is 2.09. The Balaban J connectivity index is 1.96. The molecule has 0 saturated heterocycles. The van der Waals surface area contributed by atoms with Crippen LogP contribution in [0.2, 0.25) is 0 Å². The summed E-state index contributed by atoms with van der Waals surface area (Å²) in [6.07, 6.45) is 6.15. The number of nitrogens with zero attached hydrogens (tertiary/aromatic N) is 2. The molecular formula is C9H14N4. The second-order valence-corrected chi connectivity index (χ2v) is 3.32. The summed E-state index contributed by atoms with van der Waals surface area (Å²) in [6, 6.07) is 0. The fourth-order valence-corrected chi connectivity index (χ4v) is 1.20. The first-order valence-electron chi connectivity index (χ1n) is 4.66. The lowest BCUT2D eigenvalue weighted by Crippen LogP contribution is -2.13. The van der Waals surface area contributed by atoms with Crippen LogP contribution in [-0.2, 0) is 0 Å². The van der Waals surface area contributed by atoms with Crippen LogP contribution in [0.1, 0.15) is 24.6 Å². The van der Waals surface area contributed by atoms with Crippen molar-refractivity contribution in [2.75, 3.05) is 18.4 Å². The molecule has 0 spiro atoms. The van der Waals surface area contributed by atoms with Crippen molar-refractivity contribution < 1.29 is 0 Å². The molecule has 1 saturated carbocycles. The highest BCUT2D eigenvalue weighted by molar-refractivity contribution is 5.38. The van der Waals surface area contributed by atoms with Crippen molar-refractivity contribution in [2.24, 2.45) is 5.73 Å². The highest BCUT2D eigenvalue weighted by Gasteiger charge is 2.25. The van der Waals surface area contributed by atoms with Gasteiger partial charge < -0.3 is 11.1 Å². The van der Waals surface area contributed by atoms with Crippen LogP contribution in [0.25, 0.3) is 0 Å². The molecule has 0 aromatic carbocycles. The van der Waals surface area contributed by atoms with Crippen LogP contribution < -0.4 is 11.1 Å². The molecule has 1 aliphatic rings. The molecule has 4 heteroatoms. The topological polar surface area (TPSA) is 63.8 Å². The Morgan fingerprint density at radius 3 is 2.62 bits per heavy atom.